The van der Waals surface area contributed by atoms with Gasteiger partial charge in [0.15, 0.2) is 5.69 Å². The lowest BCUT2D eigenvalue weighted by atomic mass is 10.1. The molecule has 0 radical (unpaired) electrons. The van der Waals surface area contributed by atoms with E-state index in [1.807, 2.05) is 12.1 Å². The Bertz CT molecular complexity index is 975. The summed E-state index contributed by atoms with van der Waals surface area (Å²) in [7, 11) is 0. The van der Waals surface area contributed by atoms with Crippen LogP contribution < -0.4 is 10.9 Å². The SMILES string of the molecule is O=C(Nc1ccc2c(c1)CCC2)c1n[nH]c(=O)c2ccccc12. The van der Waals surface area contributed by atoms with Crippen molar-refractivity contribution < 1.29 is 4.79 Å². The maximum atomic E-state index is 12.5. The molecule has 3 aromatic rings. The van der Waals surface area contributed by atoms with Crippen molar-refractivity contribution in [1.82, 2.24) is 10.2 Å². The highest BCUT2D eigenvalue weighted by molar-refractivity contribution is 6.11. The third-order valence-electron chi connectivity index (χ3n) is 4.27. The number of amides is 1. The number of nitrogens with zero attached hydrogens (tertiary/aromatic N) is 1. The molecule has 0 unspecified atom stereocenters. The molecule has 4 rings (SSSR count). The van der Waals surface area contributed by atoms with Crippen LogP contribution in [0.1, 0.15) is 28.0 Å². The molecule has 1 amide bonds. The van der Waals surface area contributed by atoms with Gasteiger partial charge in [0.1, 0.15) is 0 Å². The number of aromatic amines is 1. The topological polar surface area (TPSA) is 74.8 Å². The largest absolute Gasteiger partial charge is 0.321 e. The van der Waals surface area contributed by atoms with E-state index in [1.165, 1.54) is 17.5 Å². The number of aryl methyl sites for hydroxylation is 2. The molecule has 1 heterocycles. The Hall–Kier alpha value is -2.95. The third kappa shape index (κ3) is 2.40. The first kappa shape index (κ1) is 13.7. The van der Waals surface area contributed by atoms with Crippen LogP contribution in [0.15, 0.2) is 47.3 Å². The Balaban J connectivity index is 1.70. The normalized spacial score (nSPS) is 13.0. The molecule has 1 aromatic heterocycles. The summed E-state index contributed by atoms with van der Waals surface area (Å²) in [4.78, 5) is 24.3. The maximum absolute atomic E-state index is 12.5. The molecule has 0 bridgehead atoms. The summed E-state index contributed by atoms with van der Waals surface area (Å²) in [6.45, 7) is 0. The van der Waals surface area contributed by atoms with Gasteiger partial charge in [-0.05, 0) is 48.6 Å². The van der Waals surface area contributed by atoms with Gasteiger partial charge < -0.3 is 5.32 Å². The fraction of sp³-hybridized carbons (Fsp3) is 0.167. The molecule has 0 saturated heterocycles. The molecule has 23 heavy (non-hydrogen) atoms. The second-order valence-corrected chi connectivity index (χ2v) is 5.74. The molecule has 114 valence electrons. The van der Waals surface area contributed by atoms with Gasteiger partial charge in [0.25, 0.3) is 11.5 Å². The van der Waals surface area contributed by atoms with E-state index in [4.69, 9.17) is 0 Å². The van der Waals surface area contributed by atoms with Gasteiger partial charge in [0, 0.05) is 11.1 Å². The van der Waals surface area contributed by atoms with Gasteiger partial charge in [-0.25, -0.2) is 5.10 Å². The average molecular weight is 305 g/mol. The Kier molecular flexibility index (Phi) is 3.19. The van der Waals surface area contributed by atoms with Crippen LogP contribution in [0.5, 0.6) is 0 Å². The first-order valence-corrected chi connectivity index (χ1v) is 7.63. The summed E-state index contributed by atoms with van der Waals surface area (Å²) in [5.41, 5.74) is 3.33. The standard InChI is InChI=1S/C18H15N3O2/c22-17-15-7-2-1-6-14(15)16(20-21-17)18(23)19-13-9-8-11-4-3-5-12(11)10-13/h1-2,6-10H,3-5H2,(H,19,23)(H,21,22). The van der Waals surface area contributed by atoms with Crippen molar-refractivity contribution in [2.24, 2.45) is 0 Å². The zero-order chi connectivity index (χ0) is 15.8. The van der Waals surface area contributed by atoms with Crippen LogP contribution in [-0.2, 0) is 12.8 Å². The van der Waals surface area contributed by atoms with Crippen molar-refractivity contribution in [3.05, 3.63) is 69.6 Å². The molecule has 1 aliphatic carbocycles. The number of aromatic nitrogens is 2. The lowest BCUT2D eigenvalue weighted by molar-refractivity contribution is 0.102. The lowest BCUT2D eigenvalue weighted by Crippen LogP contribution is -2.19. The summed E-state index contributed by atoms with van der Waals surface area (Å²) in [6, 6.07) is 13.0. The molecule has 1 aliphatic rings. The van der Waals surface area contributed by atoms with Crippen LogP contribution >= 0.6 is 0 Å². The van der Waals surface area contributed by atoms with Crippen LogP contribution in [0.25, 0.3) is 10.8 Å². The summed E-state index contributed by atoms with van der Waals surface area (Å²) < 4.78 is 0. The van der Waals surface area contributed by atoms with Crippen molar-refractivity contribution in [2.75, 3.05) is 5.32 Å². The Morgan fingerprint density at radius 3 is 2.70 bits per heavy atom. The molecule has 0 spiro atoms. The van der Waals surface area contributed by atoms with Gasteiger partial charge in [-0.3, -0.25) is 9.59 Å². The van der Waals surface area contributed by atoms with Gasteiger partial charge in [-0.1, -0.05) is 24.3 Å². The molecule has 2 N–H and O–H groups in total. The minimum Gasteiger partial charge on any atom is -0.321 e. The number of nitrogens with one attached hydrogen (secondary N) is 2. The Morgan fingerprint density at radius 2 is 1.83 bits per heavy atom. The second-order valence-electron chi connectivity index (χ2n) is 5.74. The van der Waals surface area contributed by atoms with Crippen molar-refractivity contribution in [1.29, 1.82) is 0 Å². The fourth-order valence-corrected chi connectivity index (χ4v) is 3.13. The van der Waals surface area contributed by atoms with E-state index in [1.54, 1.807) is 24.3 Å². The minimum absolute atomic E-state index is 0.223. The molecule has 0 atom stereocenters. The number of hydrogen-bond acceptors (Lipinski definition) is 3. The first-order valence-electron chi connectivity index (χ1n) is 7.63. The van der Waals surface area contributed by atoms with Crippen LogP contribution in [0.3, 0.4) is 0 Å². The molecular weight excluding hydrogens is 290 g/mol. The number of anilines is 1. The molecule has 0 fully saturated rings. The molecule has 0 saturated carbocycles. The van der Waals surface area contributed by atoms with Gasteiger partial charge in [-0.2, -0.15) is 5.10 Å². The summed E-state index contributed by atoms with van der Waals surface area (Å²) in [6.07, 6.45) is 3.33. The van der Waals surface area contributed by atoms with E-state index >= 15 is 0 Å². The molecule has 0 aliphatic heterocycles. The Morgan fingerprint density at radius 1 is 1.04 bits per heavy atom. The lowest BCUT2D eigenvalue weighted by Gasteiger charge is -2.08. The molecule has 5 heteroatoms. The van der Waals surface area contributed by atoms with Crippen molar-refractivity contribution in [3.8, 4) is 0 Å². The van der Waals surface area contributed by atoms with E-state index in [2.05, 4.69) is 21.6 Å². The number of carbonyl (C=O) groups is 1. The van der Waals surface area contributed by atoms with Gasteiger partial charge in [-0.15, -0.1) is 0 Å². The summed E-state index contributed by atoms with van der Waals surface area (Å²) in [5, 5.41) is 10.2. The van der Waals surface area contributed by atoms with Crippen LogP contribution in [0.4, 0.5) is 5.69 Å². The van der Waals surface area contributed by atoms with Crippen molar-refractivity contribution in [3.63, 3.8) is 0 Å². The minimum atomic E-state index is -0.324. The van der Waals surface area contributed by atoms with Crippen molar-refractivity contribution >= 4 is 22.4 Å². The molecule has 5 nitrogen and oxygen atoms in total. The van der Waals surface area contributed by atoms with Gasteiger partial charge in [0.2, 0.25) is 0 Å². The summed E-state index contributed by atoms with van der Waals surface area (Å²) in [5.74, 6) is -0.324. The second kappa shape index (κ2) is 5.35. The van der Waals surface area contributed by atoms with E-state index in [9.17, 15) is 9.59 Å². The quantitative estimate of drug-likeness (QED) is 0.764. The van der Waals surface area contributed by atoms with Crippen molar-refractivity contribution in [2.45, 2.75) is 19.3 Å². The highest BCUT2D eigenvalue weighted by atomic mass is 16.2. The third-order valence-corrected chi connectivity index (χ3v) is 4.27. The van der Waals surface area contributed by atoms with E-state index in [0.29, 0.717) is 10.8 Å². The predicted molar refractivity (Wildman–Crippen MR) is 88.8 cm³/mol. The van der Waals surface area contributed by atoms with E-state index < -0.39 is 0 Å². The number of hydrogen-bond donors (Lipinski definition) is 2. The van der Waals surface area contributed by atoms with Crippen LogP contribution in [-0.4, -0.2) is 16.1 Å². The number of carbonyl (C=O) groups excluding carboxylic acids is 1. The average Bonchev–Trinajstić information content (AvgIpc) is 3.03. The van der Waals surface area contributed by atoms with Gasteiger partial charge >= 0.3 is 0 Å². The maximum Gasteiger partial charge on any atom is 0.276 e. The zero-order valence-electron chi connectivity index (χ0n) is 12.4. The number of fused-ring (bicyclic) bond motifs is 2. The zero-order valence-corrected chi connectivity index (χ0v) is 12.4. The highest BCUT2D eigenvalue weighted by Crippen LogP contribution is 2.25. The number of rotatable bonds is 2. The number of benzene rings is 2. The van der Waals surface area contributed by atoms with E-state index in [0.717, 1.165) is 18.5 Å². The first-order chi connectivity index (χ1) is 11.2. The highest BCUT2D eigenvalue weighted by Gasteiger charge is 2.16. The monoisotopic (exact) mass is 305 g/mol. The van der Waals surface area contributed by atoms with Crippen LogP contribution in [0, 0.1) is 0 Å². The molecule has 2 aromatic carbocycles. The van der Waals surface area contributed by atoms with Crippen LogP contribution in [0.2, 0.25) is 0 Å². The fourth-order valence-electron chi connectivity index (χ4n) is 3.13. The smallest absolute Gasteiger partial charge is 0.276 e. The number of H-pyrrole nitrogens is 1. The predicted octanol–water partition coefficient (Wildman–Crippen LogP) is 2.66. The van der Waals surface area contributed by atoms with E-state index in [-0.39, 0.29) is 17.2 Å². The van der Waals surface area contributed by atoms with Gasteiger partial charge in [0.05, 0.1) is 5.39 Å². The molecular formula is C18H15N3O2. The Labute approximate surface area is 132 Å². The summed E-state index contributed by atoms with van der Waals surface area (Å²) >= 11 is 0.